The second kappa shape index (κ2) is 13.5. The Kier molecular flexibility index (Phi) is 10.1. The smallest absolute Gasteiger partial charge is 0.349 e. The molecule has 5 rings (SSSR count). The third-order valence-corrected chi connectivity index (χ3v) is 11.3. The lowest BCUT2D eigenvalue weighted by molar-refractivity contribution is -0.156. The number of halogens is 3. The first-order valence-corrected chi connectivity index (χ1v) is 20.3. The Hall–Kier alpha value is -3.44. The number of esters is 1. The number of hydrogen-bond donors (Lipinski definition) is 1. The van der Waals surface area contributed by atoms with Crippen molar-refractivity contribution in [3.63, 3.8) is 0 Å². The topological polar surface area (TPSA) is 94.2 Å². The summed E-state index contributed by atoms with van der Waals surface area (Å²) in [6.45, 7) is 12.1. The summed E-state index contributed by atoms with van der Waals surface area (Å²) < 4.78 is 32.4. The minimum atomic E-state index is -1.53. The molecular formula is C36H41Cl2FN2O6Si. The fourth-order valence-electron chi connectivity index (χ4n) is 6.73. The number of methoxy groups -OCH3 is 1. The van der Waals surface area contributed by atoms with Crippen LogP contribution in [0.1, 0.15) is 54.5 Å². The third-order valence-electron chi connectivity index (χ3n) is 9.15. The Bertz CT molecular complexity index is 1760. The maximum absolute atomic E-state index is 15.4. The monoisotopic (exact) mass is 714 g/mol. The van der Waals surface area contributed by atoms with Crippen molar-refractivity contribution in [2.45, 2.75) is 75.9 Å². The van der Waals surface area contributed by atoms with Gasteiger partial charge in [-0.3, -0.25) is 14.5 Å². The van der Waals surface area contributed by atoms with Crippen molar-refractivity contribution < 1.29 is 33.0 Å². The normalized spacial score (nSPS) is 20.9. The van der Waals surface area contributed by atoms with Gasteiger partial charge in [0.2, 0.25) is 11.8 Å². The number of amides is 2. The van der Waals surface area contributed by atoms with E-state index >= 15 is 9.18 Å². The summed E-state index contributed by atoms with van der Waals surface area (Å²) in [5.41, 5.74) is -0.284. The molecule has 256 valence electrons. The number of fused-ring (bicyclic) bond motifs is 2. The summed E-state index contributed by atoms with van der Waals surface area (Å²) in [5.74, 6) is -2.49. The minimum Gasteiger partial charge on any atom is -0.476 e. The Morgan fingerprint density at radius 3 is 2.42 bits per heavy atom. The zero-order valence-electron chi connectivity index (χ0n) is 28.2. The molecule has 12 heteroatoms. The lowest BCUT2D eigenvalue weighted by atomic mass is 9.58. The predicted octanol–water partition coefficient (Wildman–Crippen LogP) is 7.71. The van der Waals surface area contributed by atoms with E-state index in [1.54, 1.807) is 61.2 Å². The molecule has 2 heterocycles. The van der Waals surface area contributed by atoms with E-state index in [4.69, 9.17) is 37.4 Å². The summed E-state index contributed by atoms with van der Waals surface area (Å²) in [5, 5.41) is 3.81. The lowest BCUT2D eigenvalue weighted by Gasteiger charge is -2.47. The van der Waals surface area contributed by atoms with Crippen LogP contribution in [0.2, 0.25) is 35.7 Å². The van der Waals surface area contributed by atoms with Crippen molar-refractivity contribution in [3.8, 4) is 5.75 Å². The first-order chi connectivity index (χ1) is 22.5. The summed E-state index contributed by atoms with van der Waals surface area (Å²) in [6.07, 6.45) is -0.141. The van der Waals surface area contributed by atoms with E-state index in [0.29, 0.717) is 44.6 Å². The number of carbonyl (C=O) groups excluding carboxylic acids is 3. The van der Waals surface area contributed by atoms with Gasteiger partial charge < -0.3 is 19.5 Å². The van der Waals surface area contributed by atoms with E-state index < -0.39 is 42.8 Å². The molecule has 1 spiro atoms. The van der Waals surface area contributed by atoms with Crippen LogP contribution >= 0.6 is 23.2 Å². The first kappa shape index (κ1) is 35.9. The molecule has 3 aromatic rings. The van der Waals surface area contributed by atoms with Crippen molar-refractivity contribution >= 4 is 54.7 Å². The van der Waals surface area contributed by atoms with Crippen LogP contribution in [0.3, 0.4) is 0 Å². The van der Waals surface area contributed by atoms with E-state index in [0.717, 1.165) is 6.04 Å². The highest BCUT2D eigenvalue weighted by Crippen LogP contribution is 2.60. The van der Waals surface area contributed by atoms with Gasteiger partial charge in [-0.05, 0) is 86.0 Å². The molecule has 8 nitrogen and oxygen atoms in total. The maximum Gasteiger partial charge on any atom is 0.349 e. The van der Waals surface area contributed by atoms with Crippen molar-refractivity contribution in [2.75, 3.05) is 25.3 Å². The maximum atomic E-state index is 15.4. The van der Waals surface area contributed by atoms with Gasteiger partial charge in [-0.1, -0.05) is 55.0 Å². The van der Waals surface area contributed by atoms with E-state index in [1.807, 2.05) is 6.92 Å². The largest absolute Gasteiger partial charge is 0.476 e. The van der Waals surface area contributed by atoms with Gasteiger partial charge >= 0.3 is 5.97 Å². The Morgan fingerprint density at radius 1 is 1.04 bits per heavy atom. The Balaban J connectivity index is 1.77. The fourth-order valence-corrected chi connectivity index (χ4v) is 7.84. The Labute approximate surface area is 291 Å². The van der Waals surface area contributed by atoms with Gasteiger partial charge in [0, 0.05) is 42.6 Å². The molecule has 2 aliphatic heterocycles. The van der Waals surface area contributed by atoms with E-state index in [2.05, 4.69) is 25.0 Å². The van der Waals surface area contributed by atoms with Crippen LogP contribution in [-0.4, -0.2) is 51.9 Å². The van der Waals surface area contributed by atoms with Gasteiger partial charge in [-0.2, -0.15) is 0 Å². The molecule has 3 aromatic carbocycles. The van der Waals surface area contributed by atoms with Crippen LogP contribution in [0.25, 0.3) is 0 Å². The lowest BCUT2D eigenvalue weighted by Crippen LogP contribution is -2.58. The molecule has 3 atom stereocenters. The quantitative estimate of drug-likeness (QED) is 0.131. The highest BCUT2D eigenvalue weighted by Gasteiger charge is 2.64. The first-order valence-electron chi connectivity index (χ1n) is 15.8. The minimum absolute atomic E-state index is 0.0534. The standard InChI is InChI=1S/C36H41Cl2FN2O6Si/c1-21-8-11-24(39)18-25(21)32-36(27-12-9-23(38)17-29(27)41(33(36)43)20-46-14-15-48(5,6)7)28(19-31(42)40-32)26-16-22(37)10-13-30(26)47-35(2,3)34(44)45-4/h8-13,16-18,28,32H,14-15,19-20H2,1-7H3,(H,40,42)/t28-,32+,36-/m1/s1. The second-order valence-corrected chi connectivity index (χ2v) is 20.7. The summed E-state index contributed by atoms with van der Waals surface area (Å²) in [7, 11) is -0.168. The molecule has 0 unspecified atom stereocenters. The molecule has 0 bridgehead atoms. The molecule has 0 aliphatic carbocycles. The fraction of sp³-hybridized carbons (Fsp3) is 0.417. The van der Waals surface area contributed by atoms with Crippen LogP contribution < -0.4 is 15.0 Å². The molecule has 1 saturated heterocycles. The number of nitrogens with one attached hydrogen (secondary N) is 1. The predicted molar refractivity (Wildman–Crippen MR) is 187 cm³/mol. The number of carbonyl (C=O) groups is 3. The van der Waals surface area contributed by atoms with Crippen molar-refractivity contribution in [3.05, 3.63) is 92.7 Å². The van der Waals surface area contributed by atoms with E-state index in [9.17, 15) is 9.59 Å². The van der Waals surface area contributed by atoms with Gasteiger partial charge in [-0.25, -0.2) is 9.18 Å². The molecule has 2 amide bonds. The van der Waals surface area contributed by atoms with E-state index in [1.165, 1.54) is 19.2 Å². The van der Waals surface area contributed by atoms with Gasteiger partial charge in [0.05, 0.1) is 18.8 Å². The zero-order chi connectivity index (χ0) is 35.2. The van der Waals surface area contributed by atoms with Gasteiger partial charge in [0.15, 0.2) is 5.60 Å². The molecular weight excluding hydrogens is 674 g/mol. The molecule has 0 aromatic heterocycles. The number of ether oxygens (including phenoxy) is 3. The molecule has 2 aliphatic rings. The van der Waals surface area contributed by atoms with Crippen LogP contribution in [0.4, 0.5) is 10.1 Å². The number of hydrogen-bond acceptors (Lipinski definition) is 6. The highest BCUT2D eigenvalue weighted by molar-refractivity contribution is 6.76. The molecule has 1 N–H and O–H groups in total. The highest BCUT2D eigenvalue weighted by atomic mass is 35.5. The van der Waals surface area contributed by atoms with Gasteiger partial charge in [0.1, 0.15) is 23.7 Å². The summed E-state index contributed by atoms with van der Waals surface area (Å²) in [4.78, 5) is 43.4. The second-order valence-electron chi connectivity index (χ2n) is 14.2. The number of benzene rings is 3. The van der Waals surface area contributed by atoms with Crippen molar-refractivity contribution in [1.29, 1.82) is 0 Å². The molecule has 0 radical (unpaired) electrons. The molecule has 1 fully saturated rings. The zero-order valence-corrected chi connectivity index (χ0v) is 30.7. The summed E-state index contributed by atoms with van der Waals surface area (Å²) in [6, 6.07) is 14.3. The summed E-state index contributed by atoms with van der Waals surface area (Å²) >= 11 is 13.2. The van der Waals surface area contributed by atoms with Gasteiger partial charge in [-0.15, -0.1) is 0 Å². The third kappa shape index (κ3) is 6.72. The molecule has 0 saturated carbocycles. The van der Waals surface area contributed by atoms with Crippen LogP contribution in [0.15, 0.2) is 54.6 Å². The SMILES string of the molecule is COC(=O)C(C)(C)Oc1ccc(Cl)cc1[C@H]1CC(=O)N[C@@H](c2cc(F)ccc2C)[C@]12C(=O)N(COCC[Si](C)(C)C)c1cc(Cl)ccc12. The molecule has 48 heavy (non-hydrogen) atoms. The number of anilines is 1. The number of rotatable bonds is 10. The average Bonchev–Trinajstić information content (AvgIpc) is 3.24. The van der Waals surface area contributed by atoms with Crippen LogP contribution in [0.5, 0.6) is 5.75 Å². The van der Waals surface area contributed by atoms with Crippen molar-refractivity contribution in [2.24, 2.45) is 0 Å². The number of piperidine rings is 1. The van der Waals surface area contributed by atoms with Gasteiger partial charge in [0.25, 0.3) is 0 Å². The number of nitrogens with zero attached hydrogens (tertiary/aromatic N) is 1. The van der Waals surface area contributed by atoms with Crippen molar-refractivity contribution in [1.82, 2.24) is 5.32 Å². The van der Waals surface area contributed by atoms with E-state index in [-0.39, 0.29) is 30.7 Å². The number of aryl methyl sites for hydroxylation is 1. The van der Waals surface area contributed by atoms with Crippen LogP contribution in [0, 0.1) is 12.7 Å². The average molecular weight is 716 g/mol. The van der Waals surface area contributed by atoms with Crippen LogP contribution in [-0.2, 0) is 29.3 Å². The Morgan fingerprint density at radius 2 is 1.73 bits per heavy atom.